The van der Waals surface area contributed by atoms with Gasteiger partial charge < -0.3 is 11.5 Å². The van der Waals surface area contributed by atoms with Gasteiger partial charge in [0.1, 0.15) is 28.2 Å². The van der Waals surface area contributed by atoms with Crippen molar-refractivity contribution in [1.82, 2.24) is 0 Å². The molecule has 1 atom stereocenters. The molecule has 0 saturated carbocycles. The standard InChI is InChI=1S/C12H6Cl2F6N4OS/c13-5-1-4(11(15,16)17)2-6(14)8(5)24-10(23)9(7(22)3-21)26(25)12(18,19)20/h1-2H,22H2,(H2,23,24). The van der Waals surface area contributed by atoms with E-state index in [0.29, 0.717) is 12.1 Å². The molecule has 1 rings (SSSR count). The monoisotopic (exact) mass is 438 g/mol. The summed E-state index contributed by atoms with van der Waals surface area (Å²) in [6, 6.07) is 1.96. The number of hydrogen-bond acceptors (Lipinski definition) is 4. The van der Waals surface area contributed by atoms with Crippen LogP contribution in [0.2, 0.25) is 10.0 Å². The summed E-state index contributed by atoms with van der Waals surface area (Å²) in [6.45, 7) is 0. The van der Waals surface area contributed by atoms with Crippen molar-refractivity contribution in [3.63, 3.8) is 0 Å². The van der Waals surface area contributed by atoms with E-state index in [9.17, 15) is 30.6 Å². The van der Waals surface area contributed by atoms with Crippen molar-refractivity contribution < 1.29 is 30.6 Å². The van der Waals surface area contributed by atoms with Crippen LogP contribution in [0.1, 0.15) is 5.56 Å². The van der Waals surface area contributed by atoms with Gasteiger partial charge in [0.25, 0.3) is 0 Å². The third kappa shape index (κ3) is 5.03. The molecule has 0 radical (unpaired) electrons. The fourth-order valence-corrected chi connectivity index (χ4v) is 2.79. The van der Waals surface area contributed by atoms with Crippen LogP contribution in [0.5, 0.6) is 0 Å². The molecule has 0 amide bonds. The van der Waals surface area contributed by atoms with Crippen LogP contribution in [-0.4, -0.2) is 15.6 Å². The molecule has 0 aliphatic heterocycles. The van der Waals surface area contributed by atoms with Crippen LogP contribution in [0, 0.1) is 11.3 Å². The van der Waals surface area contributed by atoms with Crippen molar-refractivity contribution in [2.24, 2.45) is 16.5 Å². The molecule has 14 heteroatoms. The molecular weight excluding hydrogens is 433 g/mol. The normalized spacial score (nSPS) is 15.3. The van der Waals surface area contributed by atoms with E-state index in [0.717, 1.165) is 6.07 Å². The Bertz CT molecular complexity index is 834. The zero-order chi connectivity index (χ0) is 20.4. The molecular formula is C12H6Cl2F6N4OS. The van der Waals surface area contributed by atoms with E-state index in [-0.39, 0.29) is 0 Å². The molecule has 26 heavy (non-hydrogen) atoms. The second-order valence-corrected chi connectivity index (χ2v) is 6.58. The van der Waals surface area contributed by atoms with Crippen LogP contribution in [0.25, 0.3) is 0 Å². The number of amidine groups is 1. The van der Waals surface area contributed by atoms with Gasteiger partial charge in [0.2, 0.25) is 0 Å². The smallest absolute Gasteiger partial charge is 0.389 e. The number of alkyl halides is 6. The van der Waals surface area contributed by atoms with Crippen LogP contribution in [-0.2, 0) is 17.0 Å². The Labute approximate surface area is 154 Å². The highest BCUT2D eigenvalue weighted by molar-refractivity contribution is 7.90. The van der Waals surface area contributed by atoms with E-state index >= 15 is 0 Å². The lowest BCUT2D eigenvalue weighted by Crippen LogP contribution is -2.29. The SMILES string of the molecule is N#CC(N)=C(C(N)=Nc1c(Cl)cc(C(F)(F)F)cc1Cl)S(=O)C(F)(F)F. The highest BCUT2D eigenvalue weighted by atomic mass is 35.5. The Balaban J connectivity index is 3.57. The van der Waals surface area contributed by atoms with Gasteiger partial charge in [-0.15, -0.1) is 0 Å². The maximum atomic E-state index is 12.7. The van der Waals surface area contributed by atoms with Crippen molar-refractivity contribution in [3.8, 4) is 6.07 Å². The lowest BCUT2D eigenvalue weighted by Gasteiger charge is -2.12. The fraction of sp³-hybridized carbons (Fsp3) is 0.167. The van der Waals surface area contributed by atoms with E-state index < -0.39 is 60.2 Å². The molecule has 1 unspecified atom stereocenters. The number of nitrogens with zero attached hydrogens (tertiary/aromatic N) is 2. The first-order valence-electron chi connectivity index (χ1n) is 5.99. The zero-order valence-corrected chi connectivity index (χ0v) is 14.4. The van der Waals surface area contributed by atoms with Crippen molar-refractivity contribution in [3.05, 3.63) is 38.3 Å². The highest BCUT2D eigenvalue weighted by Gasteiger charge is 2.42. The molecule has 142 valence electrons. The minimum Gasteiger partial charge on any atom is -0.389 e. The van der Waals surface area contributed by atoms with Gasteiger partial charge in [-0.3, -0.25) is 0 Å². The molecule has 5 nitrogen and oxygen atoms in total. The summed E-state index contributed by atoms with van der Waals surface area (Å²) in [5.74, 6) is -1.15. The molecule has 0 spiro atoms. The highest BCUT2D eigenvalue weighted by Crippen LogP contribution is 2.40. The van der Waals surface area contributed by atoms with Crippen molar-refractivity contribution >= 4 is 45.5 Å². The Morgan fingerprint density at radius 3 is 1.92 bits per heavy atom. The average Bonchev–Trinajstić information content (AvgIpc) is 2.48. The van der Waals surface area contributed by atoms with Crippen LogP contribution in [0.15, 0.2) is 27.7 Å². The molecule has 0 aromatic heterocycles. The van der Waals surface area contributed by atoms with Crippen LogP contribution in [0.4, 0.5) is 32.0 Å². The van der Waals surface area contributed by atoms with Crippen molar-refractivity contribution in [1.29, 1.82) is 5.26 Å². The second kappa shape index (κ2) is 7.73. The van der Waals surface area contributed by atoms with E-state index in [1.54, 1.807) is 0 Å². The van der Waals surface area contributed by atoms with E-state index in [4.69, 9.17) is 39.9 Å². The van der Waals surface area contributed by atoms with Crippen LogP contribution < -0.4 is 11.5 Å². The summed E-state index contributed by atoms with van der Waals surface area (Å²) in [4.78, 5) is 2.00. The third-order valence-electron chi connectivity index (χ3n) is 2.57. The predicted molar refractivity (Wildman–Crippen MR) is 83.8 cm³/mol. The van der Waals surface area contributed by atoms with E-state index in [2.05, 4.69) is 4.99 Å². The van der Waals surface area contributed by atoms with Gasteiger partial charge in [0.05, 0.1) is 15.6 Å². The maximum absolute atomic E-state index is 12.7. The van der Waals surface area contributed by atoms with Crippen molar-refractivity contribution in [2.45, 2.75) is 11.7 Å². The molecule has 1 aromatic rings. The molecule has 0 aliphatic carbocycles. The van der Waals surface area contributed by atoms with Gasteiger partial charge in [-0.2, -0.15) is 31.6 Å². The maximum Gasteiger partial charge on any atom is 0.476 e. The summed E-state index contributed by atoms with van der Waals surface area (Å²) in [5.41, 5.74) is 2.05. The number of benzene rings is 1. The fourth-order valence-electron chi connectivity index (χ4n) is 1.51. The first kappa shape index (κ1) is 22.1. The molecule has 0 aliphatic rings. The number of aliphatic imine (C=N–C) groups is 1. The number of halogens is 8. The molecule has 0 saturated heterocycles. The Kier molecular flexibility index (Phi) is 6.56. The van der Waals surface area contributed by atoms with Gasteiger partial charge in [0.15, 0.2) is 10.8 Å². The molecule has 0 heterocycles. The Morgan fingerprint density at radius 2 is 1.58 bits per heavy atom. The van der Waals surface area contributed by atoms with Crippen LogP contribution >= 0.6 is 23.2 Å². The third-order valence-corrected chi connectivity index (χ3v) is 4.37. The topological polar surface area (TPSA) is 105 Å². The quantitative estimate of drug-likeness (QED) is 0.322. The van der Waals surface area contributed by atoms with Crippen LogP contribution in [0.3, 0.4) is 0 Å². The number of allylic oxidation sites excluding steroid dienone is 1. The minimum absolute atomic E-state index is 0.414. The molecule has 0 fully saturated rings. The van der Waals surface area contributed by atoms with Gasteiger partial charge in [-0.1, -0.05) is 23.2 Å². The summed E-state index contributed by atoms with van der Waals surface area (Å²) in [7, 11) is -3.83. The van der Waals surface area contributed by atoms with Gasteiger partial charge in [-0.05, 0) is 12.1 Å². The predicted octanol–water partition coefficient (Wildman–Crippen LogP) is 3.96. The number of hydrogen-bond donors (Lipinski definition) is 2. The van der Waals surface area contributed by atoms with E-state index in [1.165, 1.54) is 0 Å². The summed E-state index contributed by atoms with van der Waals surface area (Å²) in [6.07, 6.45) is -4.80. The second-order valence-electron chi connectivity index (χ2n) is 4.35. The number of rotatable bonds is 3. The van der Waals surface area contributed by atoms with Gasteiger partial charge in [0, 0.05) is 0 Å². The van der Waals surface area contributed by atoms with Crippen molar-refractivity contribution in [2.75, 3.05) is 0 Å². The molecule has 1 aromatic carbocycles. The number of nitriles is 1. The summed E-state index contributed by atoms with van der Waals surface area (Å²) >= 11 is 11.2. The first-order valence-corrected chi connectivity index (χ1v) is 7.90. The molecule has 0 bridgehead atoms. The lowest BCUT2D eigenvalue weighted by molar-refractivity contribution is -0.137. The minimum atomic E-state index is -5.33. The summed E-state index contributed by atoms with van der Waals surface area (Å²) < 4.78 is 87.4. The largest absolute Gasteiger partial charge is 0.476 e. The summed E-state index contributed by atoms with van der Waals surface area (Å²) in [5, 5.41) is 7.26. The molecule has 4 N–H and O–H groups in total. The average molecular weight is 439 g/mol. The first-order chi connectivity index (χ1) is 11.7. The Morgan fingerprint density at radius 1 is 1.12 bits per heavy atom. The van der Waals surface area contributed by atoms with Gasteiger partial charge >= 0.3 is 11.7 Å². The Hall–Kier alpha value is -1.97. The van der Waals surface area contributed by atoms with Gasteiger partial charge in [-0.25, -0.2) is 9.20 Å². The van der Waals surface area contributed by atoms with E-state index in [1.807, 2.05) is 0 Å². The lowest BCUT2D eigenvalue weighted by atomic mass is 10.2. The zero-order valence-electron chi connectivity index (χ0n) is 12.0. The number of nitrogens with two attached hydrogens (primary N) is 2.